The maximum absolute atomic E-state index is 13.8. The van der Waals surface area contributed by atoms with Gasteiger partial charge in [0.25, 0.3) is 11.8 Å². The minimum absolute atomic E-state index is 0.269. The Kier molecular flexibility index (Phi) is 6.69. The Morgan fingerprint density at radius 3 is 2.36 bits per heavy atom. The van der Waals surface area contributed by atoms with Gasteiger partial charge in [0.15, 0.2) is 0 Å². The third-order valence-electron chi connectivity index (χ3n) is 6.62. The first-order chi connectivity index (χ1) is 18.6. The molecular formula is C28H22F4N4O3. The van der Waals surface area contributed by atoms with Crippen molar-refractivity contribution in [2.45, 2.75) is 25.1 Å². The van der Waals surface area contributed by atoms with Crippen molar-refractivity contribution >= 4 is 17.6 Å². The molecule has 1 aliphatic rings. The van der Waals surface area contributed by atoms with E-state index in [9.17, 15) is 32.3 Å². The number of benzene rings is 3. The Morgan fingerprint density at radius 2 is 1.72 bits per heavy atom. The molecule has 0 spiro atoms. The van der Waals surface area contributed by atoms with E-state index in [0.717, 1.165) is 17.0 Å². The van der Waals surface area contributed by atoms with Crippen molar-refractivity contribution in [1.29, 1.82) is 0 Å². The van der Waals surface area contributed by atoms with Gasteiger partial charge in [-0.05, 0) is 55.0 Å². The van der Waals surface area contributed by atoms with Gasteiger partial charge in [0, 0.05) is 17.0 Å². The highest BCUT2D eigenvalue weighted by Crippen LogP contribution is 2.43. The van der Waals surface area contributed by atoms with Gasteiger partial charge >= 0.3 is 6.18 Å². The molecule has 200 valence electrons. The van der Waals surface area contributed by atoms with Crippen LogP contribution in [0.25, 0.3) is 5.69 Å². The molecule has 11 heteroatoms. The summed E-state index contributed by atoms with van der Waals surface area (Å²) in [5.41, 5.74) is 0.736. The number of aromatic nitrogens is 2. The molecule has 0 fully saturated rings. The molecule has 2 unspecified atom stereocenters. The number of alkyl halides is 3. The van der Waals surface area contributed by atoms with Crippen LogP contribution in [0.1, 0.15) is 38.7 Å². The van der Waals surface area contributed by atoms with Crippen LogP contribution >= 0.6 is 0 Å². The normalized spacial score (nSPS) is 17.2. The summed E-state index contributed by atoms with van der Waals surface area (Å²) in [5.74, 6) is -2.76. The number of rotatable bonds is 5. The fourth-order valence-electron chi connectivity index (χ4n) is 4.85. The number of anilines is 1. The highest BCUT2D eigenvalue weighted by atomic mass is 19.4. The van der Waals surface area contributed by atoms with Crippen molar-refractivity contribution in [2.75, 3.05) is 11.6 Å². The lowest BCUT2D eigenvalue weighted by molar-refractivity contribution is -0.137. The number of amides is 2. The van der Waals surface area contributed by atoms with Crippen LogP contribution in [0.15, 0.2) is 78.9 Å². The summed E-state index contributed by atoms with van der Waals surface area (Å²) >= 11 is 0. The lowest BCUT2D eigenvalue weighted by Gasteiger charge is -2.38. The summed E-state index contributed by atoms with van der Waals surface area (Å²) in [6, 6.07) is 16.7. The van der Waals surface area contributed by atoms with E-state index >= 15 is 0 Å². The fraction of sp³-hybridized carbons (Fsp3) is 0.179. The van der Waals surface area contributed by atoms with E-state index in [1.165, 1.54) is 35.0 Å². The zero-order valence-electron chi connectivity index (χ0n) is 20.5. The molecule has 0 radical (unpaired) electrons. The Hall–Kier alpha value is -4.51. The Morgan fingerprint density at radius 1 is 1.03 bits per heavy atom. The number of para-hydroxylation sites is 1. The maximum atomic E-state index is 13.8. The van der Waals surface area contributed by atoms with Gasteiger partial charge in [0.2, 0.25) is 0 Å². The number of aliphatic hydroxyl groups is 1. The average molecular weight is 539 g/mol. The maximum Gasteiger partial charge on any atom is 0.416 e. The topological polar surface area (TPSA) is 87.5 Å². The van der Waals surface area contributed by atoms with Crippen LogP contribution in [-0.2, 0) is 11.0 Å². The van der Waals surface area contributed by atoms with Gasteiger partial charge in [-0.3, -0.25) is 14.5 Å². The molecule has 4 aromatic rings. The minimum atomic E-state index is -4.67. The van der Waals surface area contributed by atoms with E-state index in [2.05, 4.69) is 10.4 Å². The zero-order chi connectivity index (χ0) is 27.9. The van der Waals surface area contributed by atoms with Crippen molar-refractivity contribution < 1.29 is 32.3 Å². The molecule has 0 bridgehead atoms. The SMILES string of the molecule is Cc1nn(-c2ccccc2)c2c1C(c1ccc(F)cc1)C(NC(=O)c1cccc(C(F)(F)F)c1)C(=O)N2CO. The van der Waals surface area contributed by atoms with Crippen molar-refractivity contribution in [3.63, 3.8) is 0 Å². The van der Waals surface area contributed by atoms with Crippen LogP contribution in [0.5, 0.6) is 0 Å². The first-order valence-electron chi connectivity index (χ1n) is 11.9. The molecule has 2 amide bonds. The molecule has 1 aliphatic heterocycles. The summed E-state index contributed by atoms with van der Waals surface area (Å²) in [6.45, 7) is 0.946. The molecule has 0 saturated heterocycles. The first-order valence-corrected chi connectivity index (χ1v) is 11.9. The molecular weight excluding hydrogens is 516 g/mol. The van der Waals surface area contributed by atoms with Gasteiger partial charge in [-0.25, -0.2) is 9.07 Å². The first kappa shape index (κ1) is 26.1. The molecule has 39 heavy (non-hydrogen) atoms. The van der Waals surface area contributed by atoms with Gasteiger partial charge in [-0.2, -0.15) is 18.3 Å². The highest BCUT2D eigenvalue weighted by molar-refractivity contribution is 6.05. The lowest BCUT2D eigenvalue weighted by atomic mass is 9.81. The molecule has 0 saturated carbocycles. The molecule has 2 N–H and O–H groups in total. The van der Waals surface area contributed by atoms with Gasteiger partial charge in [-0.15, -0.1) is 0 Å². The Labute approximate surface area is 220 Å². The number of aryl methyl sites for hydroxylation is 1. The second-order valence-corrected chi connectivity index (χ2v) is 9.04. The van der Waals surface area contributed by atoms with Crippen molar-refractivity contribution in [3.8, 4) is 5.69 Å². The third kappa shape index (κ3) is 4.76. The second kappa shape index (κ2) is 9.99. The number of fused-ring (bicyclic) bond motifs is 1. The average Bonchev–Trinajstić information content (AvgIpc) is 3.26. The van der Waals surface area contributed by atoms with E-state index in [-0.39, 0.29) is 11.4 Å². The van der Waals surface area contributed by atoms with Gasteiger partial charge in [0.1, 0.15) is 24.4 Å². The van der Waals surface area contributed by atoms with Crippen LogP contribution in [0, 0.1) is 12.7 Å². The predicted molar refractivity (Wildman–Crippen MR) is 134 cm³/mol. The number of aliphatic hydroxyl groups excluding tert-OH is 1. The number of hydrogen-bond acceptors (Lipinski definition) is 4. The molecule has 2 atom stereocenters. The largest absolute Gasteiger partial charge is 0.416 e. The molecule has 0 aliphatic carbocycles. The van der Waals surface area contributed by atoms with Crippen LogP contribution in [0.2, 0.25) is 0 Å². The molecule has 1 aromatic heterocycles. The Balaban J connectivity index is 1.65. The van der Waals surface area contributed by atoms with Crippen LogP contribution < -0.4 is 10.2 Å². The number of halogens is 4. The zero-order valence-corrected chi connectivity index (χ0v) is 20.5. The quantitative estimate of drug-likeness (QED) is 0.365. The summed E-state index contributed by atoms with van der Waals surface area (Å²) < 4.78 is 55.1. The number of nitrogens with one attached hydrogen (secondary N) is 1. The van der Waals surface area contributed by atoms with Crippen LogP contribution in [0.3, 0.4) is 0 Å². The number of hydrogen-bond donors (Lipinski definition) is 2. The predicted octanol–water partition coefficient (Wildman–Crippen LogP) is 4.57. The van der Waals surface area contributed by atoms with Gasteiger partial charge in [0.05, 0.1) is 16.9 Å². The monoisotopic (exact) mass is 538 g/mol. The second-order valence-electron chi connectivity index (χ2n) is 9.04. The minimum Gasteiger partial charge on any atom is -0.376 e. The third-order valence-corrected chi connectivity index (χ3v) is 6.62. The molecule has 5 rings (SSSR count). The summed E-state index contributed by atoms with van der Waals surface area (Å²) in [7, 11) is 0. The van der Waals surface area contributed by atoms with E-state index in [4.69, 9.17) is 0 Å². The van der Waals surface area contributed by atoms with E-state index < -0.39 is 48.1 Å². The molecule has 7 nitrogen and oxygen atoms in total. The Bertz CT molecular complexity index is 1530. The number of carbonyl (C=O) groups excluding carboxylic acids is 2. The number of nitrogens with zero attached hydrogens (tertiary/aromatic N) is 3. The molecule has 3 aromatic carbocycles. The van der Waals surface area contributed by atoms with E-state index in [1.54, 1.807) is 31.2 Å². The summed E-state index contributed by atoms with van der Waals surface area (Å²) in [6.07, 6.45) is -4.67. The standard InChI is InChI=1S/C28H22F4N4O3/c1-16-22-23(17-10-12-20(29)13-11-17)24(33-25(38)18-6-5-7-19(14-18)28(30,31)32)27(39)35(15-37)26(22)36(34-16)21-8-3-2-4-9-21/h2-14,23-24,37H,15H2,1H3,(H,33,38). The summed E-state index contributed by atoms with van der Waals surface area (Å²) in [5, 5.41) is 17.4. The van der Waals surface area contributed by atoms with Crippen molar-refractivity contribution in [2.24, 2.45) is 0 Å². The van der Waals surface area contributed by atoms with E-state index in [1.807, 2.05) is 6.07 Å². The van der Waals surface area contributed by atoms with Crippen LogP contribution in [-0.4, -0.2) is 39.5 Å². The van der Waals surface area contributed by atoms with Crippen LogP contribution in [0.4, 0.5) is 23.4 Å². The highest BCUT2D eigenvalue weighted by Gasteiger charge is 2.46. The van der Waals surface area contributed by atoms with Crippen molar-refractivity contribution in [1.82, 2.24) is 15.1 Å². The summed E-state index contributed by atoms with van der Waals surface area (Å²) in [4.78, 5) is 28.1. The van der Waals surface area contributed by atoms with E-state index in [0.29, 0.717) is 28.6 Å². The van der Waals surface area contributed by atoms with Gasteiger partial charge < -0.3 is 10.4 Å². The van der Waals surface area contributed by atoms with Gasteiger partial charge in [-0.1, -0.05) is 36.4 Å². The lowest BCUT2D eigenvalue weighted by Crippen LogP contribution is -2.55. The smallest absolute Gasteiger partial charge is 0.376 e. The molecule has 2 heterocycles. The fourth-order valence-corrected chi connectivity index (χ4v) is 4.85. The number of carbonyl (C=O) groups is 2. The van der Waals surface area contributed by atoms with Crippen molar-refractivity contribution in [3.05, 3.63) is 113 Å².